The Morgan fingerprint density at radius 2 is 1.65 bits per heavy atom. The Labute approximate surface area is 149 Å². The van der Waals surface area contributed by atoms with Gasteiger partial charge < -0.3 is 10.2 Å². The molecule has 134 valence electrons. The van der Waals surface area contributed by atoms with E-state index in [1.807, 2.05) is 45.9 Å². The Balaban J connectivity index is 2.54. The number of aryl methyl sites for hydroxylation is 2. The van der Waals surface area contributed by atoms with Gasteiger partial charge in [-0.2, -0.15) is 5.10 Å². The number of carboxylic acid groups (broad SMARTS) is 2. The second-order valence-corrected chi connectivity index (χ2v) is 6.56. The summed E-state index contributed by atoms with van der Waals surface area (Å²) in [6, 6.07) is 7.08. The van der Waals surface area contributed by atoms with Crippen LogP contribution in [0.5, 0.6) is 0 Å². The third kappa shape index (κ3) is 2.71. The topological polar surface area (TPSA) is 105 Å². The van der Waals surface area contributed by atoms with Crippen LogP contribution < -0.4 is 0 Å². The number of aromatic nitrogens is 3. The molecule has 0 bridgehead atoms. The molecule has 0 unspecified atom stereocenters. The van der Waals surface area contributed by atoms with Crippen molar-refractivity contribution < 1.29 is 19.8 Å². The summed E-state index contributed by atoms with van der Waals surface area (Å²) < 4.78 is 1.45. The SMILES string of the molecule is Cc1cccc(C)c1-c1c(C(=O)O)nn2c(C(C)C)cc(C(=O)O)nc12. The van der Waals surface area contributed by atoms with Crippen LogP contribution in [0.1, 0.15) is 57.6 Å². The lowest BCUT2D eigenvalue weighted by molar-refractivity contribution is 0.0679. The molecule has 7 nitrogen and oxygen atoms in total. The third-order valence-corrected chi connectivity index (χ3v) is 4.36. The van der Waals surface area contributed by atoms with Crippen LogP contribution in [-0.4, -0.2) is 36.7 Å². The molecule has 3 rings (SSSR count). The van der Waals surface area contributed by atoms with E-state index in [2.05, 4.69) is 10.1 Å². The summed E-state index contributed by atoms with van der Waals surface area (Å²) in [5.41, 5.74) is 3.36. The van der Waals surface area contributed by atoms with Crippen molar-refractivity contribution in [3.05, 3.63) is 52.5 Å². The second kappa shape index (κ2) is 6.25. The summed E-state index contributed by atoms with van der Waals surface area (Å²) in [6.45, 7) is 7.53. The Kier molecular flexibility index (Phi) is 4.23. The Hall–Kier alpha value is -3.22. The molecule has 7 heteroatoms. The second-order valence-electron chi connectivity index (χ2n) is 6.56. The number of carboxylic acids is 2. The number of hydrogen-bond donors (Lipinski definition) is 2. The van der Waals surface area contributed by atoms with Crippen molar-refractivity contribution in [1.82, 2.24) is 14.6 Å². The lowest BCUT2D eigenvalue weighted by Crippen LogP contribution is -2.09. The largest absolute Gasteiger partial charge is 0.477 e. The van der Waals surface area contributed by atoms with Gasteiger partial charge in [0.15, 0.2) is 17.0 Å². The molecule has 0 radical (unpaired) electrons. The predicted octanol–water partition coefficient (Wildman–Crippen LogP) is 3.53. The highest BCUT2D eigenvalue weighted by atomic mass is 16.4. The molecule has 2 N–H and O–H groups in total. The number of hydrogen-bond acceptors (Lipinski definition) is 4. The molecule has 0 aliphatic heterocycles. The van der Waals surface area contributed by atoms with E-state index >= 15 is 0 Å². The molecule has 1 aromatic carbocycles. The fraction of sp³-hybridized carbons (Fsp3) is 0.263. The third-order valence-electron chi connectivity index (χ3n) is 4.36. The lowest BCUT2D eigenvalue weighted by atomic mass is 9.95. The number of benzene rings is 1. The molecule has 0 fully saturated rings. The molecule has 0 amide bonds. The van der Waals surface area contributed by atoms with E-state index in [9.17, 15) is 19.8 Å². The molecule has 2 aromatic heterocycles. The van der Waals surface area contributed by atoms with E-state index in [0.717, 1.165) is 11.1 Å². The van der Waals surface area contributed by atoms with Crippen molar-refractivity contribution in [2.75, 3.05) is 0 Å². The monoisotopic (exact) mass is 353 g/mol. The summed E-state index contributed by atoms with van der Waals surface area (Å²) in [5.74, 6) is -2.41. The van der Waals surface area contributed by atoms with Crippen LogP contribution >= 0.6 is 0 Å². The molecule has 0 saturated heterocycles. The zero-order valence-electron chi connectivity index (χ0n) is 14.9. The van der Waals surface area contributed by atoms with Gasteiger partial charge in [-0.05, 0) is 42.5 Å². The molecule has 0 aliphatic rings. The minimum atomic E-state index is -1.18. The molecular formula is C19H19N3O4. The summed E-state index contributed by atoms with van der Waals surface area (Å²) >= 11 is 0. The normalized spacial score (nSPS) is 11.3. The van der Waals surface area contributed by atoms with Crippen molar-refractivity contribution in [1.29, 1.82) is 0 Å². The maximum atomic E-state index is 11.9. The zero-order chi connectivity index (χ0) is 19.2. The highest BCUT2D eigenvalue weighted by molar-refractivity contribution is 6.00. The molecular weight excluding hydrogens is 334 g/mol. The van der Waals surface area contributed by atoms with Gasteiger partial charge in [0, 0.05) is 5.69 Å². The molecule has 0 atom stereocenters. The minimum Gasteiger partial charge on any atom is -0.477 e. The van der Waals surface area contributed by atoms with Gasteiger partial charge in [0.1, 0.15) is 0 Å². The first-order chi connectivity index (χ1) is 12.2. The molecule has 26 heavy (non-hydrogen) atoms. The van der Waals surface area contributed by atoms with E-state index < -0.39 is 11.9 Å². The minimum absolute atomic E-state index is 0.0639. The van der Waals surface area contributed by atoms with Gasteiger partial charge in [0.05, 0.1) is 5.56 Å². The van der Waals surface area contributed by atoms with E-state index in [4.69, 9.17) is 0 Å². The Bertz CT molecular complexity index is 1030. The Morgan fingerprint density at radius 3 is 2.15 bits per heavy atom. The van der Waals surface area contributed by atoms with Gasteiger partial charge in [0.25, 0.3) is 0 Å². The maximum Gasteiger partial charge on any atom is 0.357 e. The fourth-order valence-corrected chi connectivity index (χ4v) is 3.15. The quantitative estimate of drug-likeness (QED) is 0.743. The van der Waals surface area contributed by atoms with Gasteiger partial charge in [-0.15, -0.1) is 0 Å². The van der Waals surface area contributed by atoms with Crippen LogP contribution in [-0.2, 0) is 0 Å². The summed E-state index contributed by atoms with van der Waals surface area (Å²) in [4.78, 5) is 27.6. The lowest BCUT2D eigenvalue weighted by Gasteiger charge is -2.11. The van der Waals surface area contributed by atoms with Crippen molar-refractivity contribution in [3.8, 4) is 11.1 Å². The number of carbonyl (C=O) groups is 2. The van der Waals surface area contributed by atoms with Crippen LogP contribution in [0.15, 0.2) is 24.3 Å². The highest BCUT2D eigenvalue weighted by Crippen LogP contribution is 2.34. The van der Waals surface area contributed by atoms with Gasteiger partial charge in [-0.25, -0.2) is 19.1 Å². The van der Waals surface area contributed by atoms with Gasteiger partial charge in [0.2, 0.25) is 0 Å². The Morgan fingerprint density at radius 1 is 1.04 bits per heavy atom. The number of rotatable bonds is 4. The molecule has 0 spiro atoms. The average Bonchev–Trinajstić information content (AvgIpc) is 2.93. The van der Waals surface area contributed by atoms with Crippen LogP contribution in [0, 0.1) is 13.8 Å². The van der Waals surface area contributed by atoms with Gasteiger partial charge in [-0.1, -0.05) is 32.0 Å². The standard InChI is InChI=1S/C19H19N3O4/c1-9(2)13-8-12(18(23)24)20-17-15(16(19(25)26)21-22(13)17)14-10(3)6-5-7-11(14)4/h5-9H,1-4H3,(H,23,24)(H,25,26). The molecule has 0 aliphatic carbocycles. The zero-order valence-corrected chi connectivity index (χ0v) is 14.9. The number of aromatic carboxylic acids is 2. The summed E-state index contributed by atoms with van der Waals surface area (Å²) in [7, 11) is 0. The summed E-state index contributed by atoms with van der Waals surface area (Å²) in [6.07, 6.45) is 0. The van der Waals surface area contributed by atoms with Crippen molar-refractivity contribution in [3.63, 3.8) is 0 Å². The van der Waals surface area contributed by atoms with E-state index in [1.165, 1.54) is 10.6 Å². The molecule has 2 heterocycles. The van der Waals surface area contributed by atoms with Gasteiger partial charge in [-0.3, -0.25) is 0 Å². The first kappa shape index (κ1) is 17.6. The van der Waals surface area contributed by atoms with Crippen LogP contribution in [0.25, 0.3) is 16.8 Å². The first-order valence-electron chi connectivity index (χ1n) is 8.19. The van der Waals surface area contributed by atoms with Crippen molar-refractivity contribution in [2.45, 2.75) is 33.6 Å². The first-order valence-corrected chi connectivity index (χ1v) is 8.19. The van der Waals surface area contributed by atoms with Crippen molar-refractivity contribution in [2.24, 2.45) is 0 Å². The van der Waals surface area contributed by atoms with E-state index in [-0.39, 0.29) is 23.0 Å². The summed E-state index contributed by atoms with van der Waals surface area (Å²) in [5, 5.41) is 23.4. The van der Waals surface area contributed by atoms with Crippen LogP contribution in [0.4, 0.5) is 0 Å². The van der Waals surface area contributed by atoms with E-state index in [1.54, 1.807) is 0 Å². The molecule has 0 saturated carbocycles. The van der Waals surface area contributed by atoms with Crippen LogP contribution in [0.3, 0.4) is 0 Å². The average molecular weight is 353 g/mol. The molecule has 3 aromatic rings. The highest BCUT2D eigenvalue weighted by Gasteiger charge is 2.26. The van der Waals surface area contributed by atoms with Gasteiger partial charge >= 0.3 is 11.9 Å². The maximum absolute atomic E-state index is 11.9. The predicted molar refractivity (Wildman–Crippen MR) is 95.9 cm³/mol. The van der Waals surface area contributed by atoms with Crippen molar-refractivity contribution >= 4 is 17.6 Å². The van der Waals surface area contributed by atoms with Crippen LogP contribution in [0.2, 0.25) is 0 Å². The smallest absolute Gasteiger partial charge is 0.357 e. The number of nitrogens with zero attached hydrogens (tertiary/aromatic N) is 3. The van der Waals surface area contributed by atoms with E-state index in [0.29, 0.717) is 16.8 Å². The number of fused-ring (bicyclic) bond motifs is 1. The fourth-order valence-electron chi connectivity index (χ4n) is 3.15.